The lowest BCUT2D eigenvalue weighted by Gasteiger charge is -2.11. The molecule has 0 aromatic heterocycles. The van der Waals surface area contributed by atoms with E-state index in [1.165, 1.54) is 0 Å². The molecule has 110 valence electrons. The number of amides is 1. The Labute approximate surface area is 128 Å². The highest BCUT2D eigenvalue weighted by atomic mass is 16.3. The van der Waals surface area contributed by atoms with Gasteiger partial charge in [0.15, 0.2) is 0 Å². The lowest BCUT2D eigenvalue weighted by atomic mass is 10.0. The molecule has 0 atom stereocenters. The first kappa shape index (κ1) is 13.9. The number of hydrogen-bond acceptors (Lipinski definition) is 3. The normalized spacial score (nSPS) is 10.6. The van der Waals surface area contributed by atoms with E-state index in [-0.39, 0.29) is 17.2 Å². The molecule has 1 amide bonds. The second-order valence-corrected chi connectivity index (χ2v) is 5.17. The van der Waals surface area contributed by atoms with Gasteiger partial charge in [-0.2, -0.15) is 0 Å². The molecule has 0 unspecified atom stereocenters. The van der Waals surface area contributed by atoms with Crippen LogP contribution in [0.4, 0.5) is 11.4 Å². The van der Waals surface area contributed by atoms with Crippen LogP contribution in [-0.4, -0.2) is 11.0 Å². The largest absolute Gasteiger partial charge is 0.506 e. The summed E-state index contributed by atoms with van der Waals surface area (Å²) in [5, 5.41) is 14.5. The van der Waals surface area contributed by atoms with E-state index in [0.29, 0.717) is 11.1 Å². The molecule has 0 aliphatic heterocycles. The molecule has 0 heterocycles. The molecule has 0 bridgehead atoms. The lowest BCUT2D eigenvalue weighted by molar-refractivity contribution is 0.102. The van der Waals surface area contributed by atoms with Crippen molar-refractivity contribution in [2.75, 3.05) is 11.1 Å². The van der Waals surface area contributed by atoms with Crippen LogP contribution in [0.3, 0.4) is 0 Å². The third kappa shape index (κ3) is 2.35. The first-order valence-electron chi connectivity index (χ1n) is 6.95. The van der Waals surface area contributed by atoms with Crippen molar-refractivity contribution in [1.29, 1.82) is 0 Å². The Morgan fingerprint density at radius 2 is 1.77 bits per heavy atom. The molecule has 4 nitrogen and oxygen atoms in total. The van der Waals surface area contributed by atoms with Crippen LogP contribution in [-0.2, 0) is 0 Å². The van der Waals surface area contributed by atoms with Gasteiger partial charge in [0.1, 0.15) is 5.75 Å². The van der Waals surface area contributed by atoms with Crippen LogP contribution < -0.4 is 11.1 Å². The SMILES string of the molecule is Cc1ccccc1NC(=O)c1ccc2c(N)cccc2c1O. The topological polar surface area (TPSA) is 75.4 Å². The van der Waals surface area contributed by atoms with Crippen molar-refractivity contribution in [2.24, 2.45) is 0 Å². The molecule has 22 heavy (non-hydrogen) atoms. The summed E-state index contributed by atoms with van der Waals surface area (Å²) < 4.78 is 0. The zero-order valence-corrected chi connectivity index (χ0v) is 12.1. The Morgan fingerprint density at radius 3 is 2.55 bits per heavy atom. The zero-order valence-electron chi connectivity index (χ0n) is 12.1. The fourth-order valence-corrected chi connectivity index (χ4v) is 2.45. The molecular formula is C18H16N2O2. The van der Waals surface area contributed by atoms with Crippen molar-refractivity contribution < 1.29 is 9.90 Å². The predicted molar refractivity (Wildman–Crippen MR) is 89.2 cm³/mol. The van der Waals surface area contributed by atoms with E-state index >= 15 is 0 Å². The highest BCUT2D eigenvalue weighted by molar-refractivity contribution is 6.11. The van der Waals surface area contributed by atoms with Gasteiger partial charge in [-0.3, -0.25) is 4.79 Å². The van der Waals surface area contributed by atoms with E-state index in [2.05, 4.69) is 5.32 Å². The minimum Gasteiger partial charge on any atom is -0.506 e. The van der Waals surface area contributed by atoms with Gasteiger partial charge in [0, 0.05) is 22.1 Å². The van der Waals surface area contributed by atoms with Gasteiger partial charge < -0.3 is 16.2 Å². The van der Waals surface area contributed by atoms with E-state index in [9.17, 15) is 9.90 Å². The second kappa shape index (κ2) is 5.41. The van der Waals surface area contributed by atoms with E-state index < -0.39 is 0 Å². The van der Waals surface area contributed by atoms with Crippen LogP contribution >= 0.6 is 0 Å². The number of carbonyl (C=O) groups excluding carboxylic acids is 1. The fourth-order valence-electron chi connectivity index (χ4n) is 2.45. The second-order valence-electron chi connectivity index (χ2n) is 5.17. The number of hydrogen-bond donors (Lipinski definition) is 3. The average Bonchev–Trinajstić information content (AvgIpc) is 2.51. The van der Waals surface area contributed by atoms with Crippen molar-refractivity contribution >= 4 is 28.1 Å². The first-order chi connectivity index (χ1) is 10.6. The maximum absolute atomic E-state index is 12.4. The molecular weight excluding hydrogens is 276 g/mol. The predicted octanol–water partition coefficient (Wildman–Crippen LogP) is 3.69. The van der Waals surface area contributed by atoms with Gasteiger partial charge in [0.2, 0.25) is 0 Å². The van der Waals surface area contributed by atoms with Crippen molar-refractivity contribution in [2.45, 2.75) is 6.92 Å². The maximum atomic E-state index is 12.4. The number of aryl methyl sites for hydroxylation is 1. The molecule has 3 aromatic carbocycles. The highest BCUT2D eigenvalue weighted by Crippen LogP contribution is 2.32. The molecule has 0 aliphatic rings. The van der Waals surface area contributed by atoms with Crippen LogP contribution in [0.2, 0.25) is 0 Å². The van der Waals surface area contributed by atoms with E-state index in [1.807, 2.05) is 31.2 Å². The molecule has 3 rings (SSSR count). The van der Waals surface area contributed by atoms with Crippen LogP contribution in [0.1, 0.15) is 15.9 Å². The smallest absolute Gasteiger partial charge is 0.259 e. The number of fused-ring (bicyclic) bond motifs is 1. The van der Waals surface area contributed by atoms with Gasteiger partial charge in [-0.25, -0.2) is 0 Å². The molecule has 0 saturated carbocycles. The minimum absolute atomic E-state index is 0.0594. The van der Waals surface area contributed by atoms with Crippen LogP contribution in [0, 0.1) is 6.92 Å². The number of nitrogen functional groups attached to an aromatic ring is 1. The summed E-state index contributed by atoms with van der Waals surface area (Å²) in [5.74, 6) is -0.410. The molecule has 3 aromatic rings. The number of phenolic OH excluding ortho intramolecular Hbond substituents is 1. The van der Waals surface area contributed by atoms with Gasteiger partial charge >= 0.3 is 0 Å². The van der Waals surface area contributed by atoms with Crippen LogP contribution in [0.25, 0.3) is 10.8 Å². The van der Waals surface area contributed by atoms with Gasteiger partial charge in [-0.15, -0.1) is 0 Å². The third-order valence-corrected chi connectivity index (χ3v) is 3.70. The maximum Gasteiger partial charge on any atom is 0.259 e. The Morgan fingerprint density at radius 1 is 1.00 bits per heavy atom. The zero-order chi connectivity index (χ0) is 15.7. The van der Waals surface area contributed by atoms with Gasteiger partial charge in [0.25, 0.3) is 5.91 Å². The van der Waals surface area contributed by atoms with Crippen LogP contribution in [0.15, 0.2) is 54.6 Å². The molecule has 0 aliphatic carbocycles. The number of nitrogens with two attached hydrogens (primary N) is 1. The third-order valence-electron chi connectivity index (χ3n) is 3.70. The molecule has 4 heteroatoms. The fraction of sp³-hybridized carbons (Fsp3) is 0.0556. The number of para-hydroxylation sites is 1. The molecule has 0 fully saturated rings. The molecule has 0 spiro atoms. The summed E-state index contributed by atoms with van der Waals surface area (Å²) in [4.78, 5) is 12.4. The number of phenols is 1. The first-order valence-corrected chi connectivity index (χ1v) is 6.95. The van der Waals surface area contributed by atoms with Crippen LogP contribution in [0.5, 0.6) is 5.75 Å². The van der Waals surface area contributed by atoms with Crippen molar-refractivity contribution in [3.05, 3.63) is 65.7 Å². The van der Waals surface area contributed by atoms with E-state index in [4.69, 9.17) is 5.73 Å². The van der Waals surface area contributed by atoms with Crippen molar-refractivity contribution in [1.82, 2.24) is 0 Å². The summed E-state index contributed by atoms with van der Waals surface area (Å²) in [7, 11) is 0. The van der Waals surface area contributed by atoms with Crippen molar-refractivity contribution in [3.63, 3.8) is 0 Å². The Kier molecular flexibility index (Phi) is 3.43. The number of anilines is 2. The van der Waals surface area contributed by atoms with Gasteiger partial charge in [-0.1, -0.05) is 36.4 Å². The Bertz CT molecular complexity index is 872. The van der Waals surface area contributed by atoms with Gasteiger partial charge in [0.05, 0.1) is 5.56 Å². The number of rotatable bonds is 2. The number of nitrogens with one attached hydrogen (secondary N) is 1. The summed E-state index contributed by atoms with van der Waals surface area (Å²) in [6.45, 7) is 1.91. The summed E-state index contributed by atoms with van der Waals surface area (Å²) >= 11 is 0. The molecule has 0 radical (unpaired) electrons. The number of carbonyl (C=O) groups is 1. The van der Waals surface area contributed by atoms with Gasteiger partial charge in [-0.05, 0) is 30.7 Å². The highest BCUT2D eigenvalue weighted by Gasteiger charge is 2.15. The Balaban J connectivity index is 2.02. The number of aromatic hydroxyl groups is 1. The monoisotopic (exact) mass is 292 g/mol. The standard InChI is InChI=1S/C18H16N2O2/c1-11-5-2-3-8-16(11)20-18(22)14-10-9-12-13(17(14)21)6-4-7-15(12)19/h2-10,21H,19H2,1H3,(H,20,22). The van der Waals surface area contributed by atoms with E-state index in [1.54, 1.807) is 30.3 Å². The molecule has 4 N–H and O–H groups in total. The summed E-state index contributed by atoms with van der Waals surface area (Å²) in [6.07, 6.45) is 0. The van der Waals surface area contributed by atoms with Crippen molar-refractivity contribution in [3.8, 4) is 5.75 Å². The average molecular weight is 292 g/mol. The quantitative estimate of drug-likeness (QED) is 0.630. The number of benzene rings is 3. The summed E-state index contributed by atoms with van der Waals surface area (Å²) in [6, 6.07) is 16.1. The minimum atomic E-state index is -0.351. The summed E-state index contributed by atoms with van der Waals surface area (Å²) in [5.41, 5.74) is 8.36. The molecule has 0 saturated heterocycles. The lowest BCUT2D eigenvalue weighted by Crippen LogP contribution is -2.13. The Hall–Kier alpha value is -3.01. The van der Waals surface area contributed by atoms with E-state index in [0.717, 1.165) is 16.6 Å².